The van der Waals surface area contributed by atoms with Crippen molar-refractivity contribution >= 4 is 49.7 Å². The second kappa shape index (κ2) is 12.3. The van der Waals surface area contributed by atoms with E-state index in [0.29, 0.717) is 36.8 Å². The number of phosphoric acid groups is 1. The molecule has 2 aliphatic rings. The quantitative estimate of drug-likeness (QED) is 0.183. The molecule has 5 atom stereocenters. The first-order chi connectivity index (χ1) is 18.2. The molecule has 2 aromatic heterocycles. The number of ether oxygens (including phenoxy) is 1. The second-order valence-corrected chi connectivity index (χ2v) is 11.3. The first kappa shape index (κ1) is 29.4. The number of rotatable bonds is 13. The Kier molecular flexibility index (Phi) is 9.47. The van der Waals surface area contributed by atoms with E-state index in [0.717, 1.165) is 0 Å². The van der Waals surface area contributed by atoms with Gasteiger partial charge in [0, 0.05) is 11.8 Å². The number of phosphoric ester groups is 1. The van der Waals surface area contributed by atoms with Crippen LogP contribution in [0.15, 0.2) is 6.33 Å². The Labute approximate surface area is 226 Å². The van der Waals surface area contributed by atoms with Crippen LogP contribution < -0.4 is 5.32 Å². The van der Waals surface area contributed by atoms with Crippen LogP contribution in [0.2, 0.25) is 11.1 Å². The van der Waals surface area contributed by atoms with Crippen molar-refractivity contribution < 1.29 is 37.9 Å². The monoisotopic (exact) mass is 572 g/mol. The molecule has 4 rings (SSSR count). The highest BCUT2D eigenvalue weighted by Gasteiger charge is 2.60. The summed E-state index contributed by atoms with van der Waals surface area (Å²) in [7, 11) is -2.02. The minimum Gasteiger partial charge on any atom is -0.396 e. The molecule has 0 spiro atoms. The molecule has 0 aromatic carbocycles. The van der Waals surface area contributed by atoms with Gasteiger partial charge in [-0.05, 0) is 50.5 Å². The van der Waals surface area contributed by atoms with Gasteiger partial charge < -0.3 is 24.7 Å². The van der Waals surface area contributed by atoms with Crippen LogP contribution in [0.4, 0.5) is 5.82 Å². The first-order valence-electron chi connectivity index (χ1n) is 12.7. The van der Waals surface area contributed by atoms with Gasteiger partial charge in [-0.25, -0.2) is 9.55 Å². The number of imidazole rings is 1. The molecular weight excluding hydrogens is 540 g/mol. The number of amides is 1. The van der Waals surface area contributed by atoms with Crippen molar-refractivity contribution in [2.75, 3.05) is 31.7 Å². The maximum absolute atomic E-state index is 12.7. The van der Waals surface area contributed by atoms with E-state index in [2.05, 4.69) is 20.3 Å². The molecule has 1 saturated carbocycles. The van der Waals surface area contributed by atoms with E-state index in [4.69, 9.17) is 29.9 Å². The van der Waals surface area contributed by atoms with E-state index >= 15 is 0 Å². The van der Waals surface area contributed by atoms with E-state index in [1.807, 2.05) is 6.92 Å². The van der Waals surface area contributed by atoms with E-state index in [9.17, 15) is 19.6 Å². The number of anilines is 1. The SMILES string of the molecule is CCCC(=O)Nc1nc(Cl)nc2c1ncn2[B][C@@H]1C2CCC1(CO)C(O)[C@@H](COP(=O)(OCC)OCC)O2. The average molecular weight is 573 g/mol. The number of hydrogen-bond acceptors (Lipinski definition) is 11. The molecule has 209 valence electrons. The van der Waals surface area contributed by atoms with Gasteiger partial charge in [-0.1, -0.05) is 6.92 Å². The minimum atomic E-state index is -3.81. The maximum Gasteiger partial charge on any atom is 0.474 e. The first-order valence-corrected chi connectivity index (χ1v) is 14.6. The summed E-state index contributed by atoms with van der Waals surface area (Å²) in [6, 6.07) is 0. The minimum absolute atomic E-state index is 0.0653. The Morgan fingerprint density at radius 2 is 2.05 bits per heavy atom. The smallest absolute Gasteiger partial charge is 0.396 e. The van der Waals surface area contributed by atoms with Crippen molar-refractivity contribution in [3.8, 4) is 0 Å². The average Bonchev–Trinajstić information content (AvgIpc) is 3.39. The molecule has 2 fully saturated rings. The Balaban J connectivity index is 1.55. The van der Waals surface area contributed by atoms with Gasteiger partial charge in [-0.3, -0.25) is 18.4 Å². The molecule has 1 amide bonds. The van der Waals surface area contributed by atoms with Gasteiger partial charge in [-0.15, -0.1) is 0 Å². The molecule has 3 unspecified atom stereocenters. The lowest BCUT2D eigenvalue weighted by Gasteiger charge is -2.47. The lowest BCUT2D eigenvalue weighted by Crippen LogP contribution is -2.56. The lowest BCUT2D eigenvalue weighted by molar-refractivity contribution is -0.173. The van der Waals surface area contributed by atoms with E-state index in [-0.39, 0.29) is 49.5 Å². The standard InChI is InChI=1S/C22H33BClN5O8P/c1-4-7-15(31)26-19-16-20(28-21(24)27-19)29(12-25-16)23-17-13-8-9-22(17,11-30)18(32)14(37-13)10-36-38(33,34-5-2)35-6-3/h12-14,17-18,30,32H,4-11H2,1-3H3,(H,26,27,28,31)/t13?,14-,17-,18?,22?/m1/s1. The summed E-state index contributed by atoms with van der Waals surface area (Å²) in [5, 5.41) is 24.5. The van der Waals surface area contributed by atoms with Gasteiger partial charge in [-0.2, -0.15) is 9.97 Å². The van der Waals surface area contributed by atoms with Crippen molar-refractivity contribution in [3.05, 3.63) is 11.6 Å². The summed E-state index contributed by atoms with van der Waals surface area (Å²) in [5.41, 5.74) is -0.241. The molecule has 38 heavy (non-hydrogen) atoms. The number of aromatic nitrogens is 4. The fourth-order valence-corrected chi connectivity index (χ4v) is 6.57. The summed E-state index contributed by atoms with van der Waals surface area (Å²) in [6.45, 7) is 4.93. The van der Waals surface area contributed by atoms with Crippen LogP contribution in [0.25, 0.3) is 11.2 Å². The zero-order chi connectivity index (χ0) is 27.5. The van der Waals surface area contributed by atoms with Crippen LogP contribution in [0.5, 0.6) is 0 Å². The number of fused-ring (bicyclic) bond motifs is 3. The van der Waals surface area contributed by atoms with Gasteiger partial charge in [0.1, 0.15) is 11.6 Å². The Bertz CT molecular complexity index is 1180. The maximum atomic E-state index is 12.7. The molecule has 1 aliphatic heterocycles. The zero-order valence-electron chi connectivity index (χ0n) is 21.6. The highest BCUT2D eigenvalue weighted by molar-refractivity contribution is 7.48. The number of carbonyl (C=O) groups is 1. The molecule has 13 nitrogen and oxygen atoms in total. The number of halogens is 1. The highest BCUT2D eigenvalue weighted by Crippen LogP contribution is 2.57. The van der Waals surface area contributed by atoms with Crippen LogP contribution in [0.1, 0.15) is 46.5 Å². The number of hydrogen-bond donors (Lipinski definition) is 3. The highest BCUT2D eigenvalue weighted by atomic mass is 35.5. The normalized spacial score (nSPS) is 27.1. The fourth-order valence-electron chi connectivity index (χ4n) is 5.22. The number of aliphatic hydroxyl groups is 2. The number of nitrogens with one attached hydrogen (secondary N) is 1. The van der Waals surface area contributed by atoms with Crippen LogP contribution >= 0.6 is 19.4 Å². The third kappa shape index (κ3) is 5.78. The zero-order valence-corrected chi connectivity index (χ0v) is 23.2. The van der Waals surface area contributed by atoms with Crippen LogP contribution in [-0.2, 0) is 27.7 Å². The summed E-state index contributed by atoms with van der Waals surface area (Å²) in [4.78, 5) is 24.9. The molecule has 3 heterocycles. The van der Waals surface area contributed by atoms with Crippen molar-refractivity contribution in [1.82, 2.24) is 19.4 Å². The van der Waals surface area contributed by atoms with E-state index in [1.165, 1.54) is 6.33 Å². The third-order valence-electron chi connectivity index (χ3n) is 6.97. The topological polar surface area (TPSA) is 167 Å². The van der Waals surface area contributed by atoms with Gasteiger partial charge in [0.2, 0.25) is 11.2 Å². The number of carbonyl (C=O) groups excluding carboxylic acids is 1. The van der Waals surface area contributed by atoms with Gasteiger partial charge in [0.25, 0.3) is 7.41 Å². The van der Waals surface area contributed by atoms with Crippen molar-refractivity contribution in [2.45, 2.75) is 70.6 Å². The largest absolute Gasteiger partial charge is 0.474 e. The van der Waals surface area contributed by atoms with Gasteiger partial charge in [0.15, 0.2) is 11.5 Å². The lowest BCUT2D eigenvalue weighted by atomic mass is 9.56. The van der Waals surface area contributed by atoms with E-state index in [1.54, 1.807) is 25.7 Å². The predicted octanol–water partition coefficient (Wildman–Crippen LogP) is 2.57. The second-order valence-electron chi connectivity index (χ2n) is 9.30. The predicted molar refractivity (Wildman–Crippen MR) is 139 cm³/mol. The third-order valence-corrected chi connectivity index (χ3v) is 8.75. The molecule has 16 heteroatoms. The summed E-state index contributed by atoms with van der Waals surface area (Å²) in [5.74, 6) is -0.432. The summed E-state index contributed by atoms with van der Waals surface area (Å²) < 4.78 is 36.3. The van der Waals surface area contributed by atoms with Crippen molar-refractivity contribution in [3.63, 3.8) is 0 Å². The molecule has 1 radical (unpaired) electrons. The van der Waals surface area contributed by atoms with Crippen LogP contribution in [-0.4, -0.2) is 87.7 Å². The molecular formula is C22H33BClN5O8P. The molecule has 1 aliphatic carbocycles. The molecule has 2 aromatic rings. The van der Waals surface area contributed by atoms with Crippen molar-refractivity contribution in [1.29, 1.82) is 0 Å². The van der Waals surface area contributed by atoms with E-state index < -0.39 is 31.3 Å². The summed E-state index contributed by atoms with van der Waals surface area (Å²) >= 11 is 6.15. The Morgan fingerprint density at radius 3 is 2.71 bits per heavy atom. The molecule has 1 saturated heterocycles. The van der Waals surface area contributed by atoms with Gasteiger partial charge >= 0.3 is 7.82 Å². The number of nitrogens with zero attached hydrogens (tertiary/aromatic N) is 4. The van der Waals surface area contributed by atoms with Crippen molar-refractivity contribution in [2.24, 2.45) is 5.41 Å². The molecule has 3 N–H and O–H groups in total. The van der Waals surface area contributed by atoms with Crippen LogP contribution in [0.3, 0.4) is 0 Å². The Morgan fingerprint density at radius 1 is 1.32 bits per heavy atom. The Hall–Kier alpha value is -1.64. The number of aliphatic hydroxyl groups excluding tert-OH is 2. The van der Waals surface area contributed by atoms with Crippen LogP contribution in [0, 0.1) is 5.41 Å². The fraction of sp³-hybridized carbons (Fsp3) is 0.727. The summed E-state index contributed by atoms with van der Waals surface area (Å²) in [6.07, 6.45) is 1.20. The molecule has 2 bridgehead atoms. The van der Waals surface area contributed by atoms with Gasteiger partial charge in [0.05, 0.1) is 45.0 Å².